The van der Waals surface area contributed by atoms with E-state index in [0.717, 1.165) is 0 Å². The molecule has 0 atom stereocenters. The monoisotopic (exact) mass is 345 g/mol. The molecular weight excluding hydrogens is 330 g/mol. The third-order valence-electron chi connectivity index (χ3n) is 3.50. The zero-order chi connectivity index (χ0) is 18.4. The molecule has 3 aromatic rings. The van der Waals surface area contributed by atoms with Gasteiger partial charge in [-0.25, -0.2) is 4.79 Å². The molecule has 26 heavy (non-hydrogen) atoms. The summed E-state index contributed by atoms with van der Waals surface area (Å²) in [6.45, 7) is 1.51. The zero-order valence-corrected chi connectivity index (χ0v) is 14.0. The van der Waals surface area contributed by atoms with Crippen molar-refractivity contribution in [1.82, 2.24) is 4.98 Å². The molecule has 0 fully saturated rings. The largest absolute Gasteiger partial charge is 0.423 e. The molecule has 0 amide bonds. The highest BCUT2D eigenvalue weighted by atomic mass is 16.5. The number of azo groups is 1. The number of nitrogens with zero attached hydrogens (tertiary/aromatic N) is 3. The highest BCUT2D eigenvalue weighted by Gasteiger charge is 2.08. The molecule has 0 unspecified atom stereocenters. The number of pyridine rings is 1. The molecule has 0 saturated heterocycles. The quantitative estimate of drug-likeness (QED) is 0.284. The van der Waals surface area contributed by atoms with Crippen molar-refractivity contribution in [2.24, 2.45) is 10.2 Å². The molecule has 2 aromatic carbocycles. The van der Waals surface area contributed by atoms with Crippen LogP contribution >= 0.6 is 0 Å². The number of ether oxygens (including phenoxy) is 1. The molecular formula is C20H15N3O3. The van der Waals surface area contributed by atoms with Crippen LogP contribution in [0.5, 0.6) is 5.75 Å². The fourth-order valence-corrected chi connectivity index (χ4v) is 2.11. The maximum atomic E-state index is 12.0. The first kappa shape index (κ1) is 17.2. The van der Waals surface area contributed by atoms with Gasteiger partial charge in [0.1, 0.15) is 5.75 Å². The molecule has 3 rings (SSSR count). The fourth-order valence-electron chi connectivity index (χ4n) is 2.11. The van der Waals surface area contributed by atoms with Crippen molar-refractivity contribution >= 4 is 23.1 Å². The molecule has 1 aromatic heterocycles. The number of rotatable bonds is 5. The number of carbonyl (C=O) groups excluding carboxylic acids is 2. The third kappa shape index (κ3) is 4.45. The highest BCUT2D eigenvalue weighted by Crippen LogP contribution is 2.22. The molecule has 6 heteroatoms. The van der Waals surface area contributed by atoms with E-state index in [4.69, 9.17) is 4.74 Å². The van der Waals surface area contributed by atoms with Gasteiger partial charge in [-0.2, -0.15) is 10.2 Å². The van der Waals surface area contributed by atoms with E-state index in [0.29, 0.717) is 28.3 Å². The van der Waals surface area contributed by atoms with Crippen molar-refractivity contribution in [2.45, 2.75) is 6.92 Å². The smallest absolute Gasteiger partial charge is 0.345 e. The van der Waals surface area contributed by atoms with Gasteiger partial charge in [0, 0.05) is 18.0 Å². The molecule has 6 nitrogen and oxygen atoms in total. The molecule has 1 heterocycles. The molecule has 0 bridgehead atoms. The summed E-state index contributed by atoms with van der Waals surface area (Å²) in [7, 11) is 0. The van der Waals surface area contributed by atoms with Gasteiger partial charge in [0.05, 0.1) is 16.9 Å². The Morgan fingerprint density at radius 3 is 2.00 bits per heavy atom. The Labute approximate surface area is 150 Å². The predicted molar refractivity (Wildman–Crippen MR) is 96.3 cm³/mol. The Balaban J connectivity index is 1.64. The molecule has 128 valence electrons. The molecule has 0 aliphatic rings. The number of hydrogen-bond acceptors (Lipinski definition) is 6. The van der Waals surface area contributed by atoms with E-state index in [1.807, 2.05) is 0 Å². The van der Waals surface area contributed by atoms with Gasteiger partial charge < -0.3 is 4.74 Å². The van der Waals surface area contributed by atoms with Crippen LogP contribution in [0.2, 0.25) is 0 Å². The SMILES string of the molecule is CC(=O)c1ccc(N=Nc2ccc(OC(=O)c3cccnc3)cc2)cc1. The normalized spacial score (nSPS) is 10.7. The summed E-state index contributed by atoms with van der Waals surface area (Å²) in [5.74, 6) is -0.0634. The summed E-state index contributed by atoms with van der Waals surface area (Å²) in [6.07, 6.45) is 3.03. The van der Waals surface area contributed by atoms with Crippen molar-refractivity contribution in [1.29, 1.82) is 0 Å². The van der Waals surface area contributed by atoms with Gasteiger partial charge >= 0.3 is 5.97 Å². The molecule has 0 aliphatic heterocycles. The molecule has 0 saturated carbocycles. The number of ketones is 1. The van der Waals surface area contributed by atoms with Crippen LogP contribution in [0, 0.1) is 0 Å². The van der Waals surface area contributed by atoms with E-state index in [9.17, 15) is 9.59 Å². The van der Waals surface area contributed by atoms with Crippen LogP contribution in [-0.4, -0.2) is 16.7 Å². The zero-order valence-electron chi connectivity index (χ0n) is 14.0. The second-order valence-electron chi connectivity index (χ2n) is 5.43. The average molecular weight is 345 g/mol. The van der Waals surface area contributed by atoms with Gasteiger partial charge in [-0.3, -0.25) is 9.78 Å². The summed E-state index contributed by atoms with van der Waals surface area (Å²) in [6, 6.07) is 16.8. The third-order valence-corrected chi connectivity index (χ3v) is 3.50. The Morgan fingerprint density at radius 2 is 1.46 bits per heavy atom. The summed E-state index contributed by atoms with van der Waals surface area (Å²) < 4.78 is 5.27. The predicted octanol–water partition coefficient (Wildman–Crippen LogP) is 4.92. The Kier molecular flexibility index (Phi) is 5.24. The molecule has 0 spiro atoms. The molecule has 0 N–H and O–H groups in total. The van der Waals surface area contributed by atoms with Crippen molar-refractivity contribution < 1.29 is 14.3 Å². The van der Waals surface area contributed by atoms with Crippen molar-refractivity contribution in [3.63, 3.8) is 0 Å². The van der Waals surface area contributed by atoms with E-state index in [-0.39, 0.29) is 5.78 Å². The second kappa shape index (κ2) is 7.94. The summed E-state index contributed by atoms with van der Waals surface area (Å²) in [5.41, 5.74) is 2.26. The van der Waals surface area contributed by atoms with E-state index in [2.05, 4.69) is 15.2 Å². The number of aromatic nitrogens is 1. The van der Waals surface area contributed by atoms with Gasteiger partial charge in [-0.15, -0.1) is 0 Å². The van der Waals surface area contributed by atoms with Crippen LogP contribution in [0.15, 0.2) is 83.3 Å². The van der Waals surface area contributed by atoms with Gasteiger partial charge in [-0.05, 0) is 67.6 Å². The first-order valence-corrected chi connectivity index (χ1v) is 7.87. The van der Waals surface area contributed by atoms with Gasteiger partial charge in [0.2, 0.25) is 0 Å². The van der Waals surface area contributed by atoms with Crippen molar-refractivity contribution in [2.75, 3.05) is 0 Å². The van der Waals surface area contributed by atoms with Crippen LogP contribution in [0.3, 0.4) is 0 Å². The van der Waals surface area contributed by atoms with Crippen LogP contribution in [0.25, 0.3) is 0 Å². The van der Waals surface area contributed by atoms with Crippen LogP contribution in [-0.2, 0) is 0 Å². The summed E-state index contributed by atoms with van der Waals surface area (Å²) >= 11 is 0. The van der Waals surface area contributed by atoms with Crippen LogP contribution in [0.4, 0.5) is 11.4 Å². The van der Waals surface area contributed by atoms with Gasteiger partial charge in [0.25, 0.3) is 0 Å². The first-order chi connectivity index (χ1) is 12.6. The minimum atomic E-state index is -0.474. The van der Waals surface area contributed by atoms with Crippen molar-refractivity contribution in [3.05, 3.63) is 84.2 Å². The number of esters is 1. The molecule has 0 radical (unpaired) electrons. The summed E-state index contributed by atoms with van der Waals surface area (Å²) in [5, 5.41) is 8.23. The van der Waals surface area contributed by atoms with E-state index < -0.39 is 5.97 Å². The minimum absolute atomic E-state index is 0.00455. The molecule has 0 aliphatic carbocycles. The number of carbonyl (C=O) groups is 2. The lowest BCUT2D eigenvalue weighted by Gasteiger charge is -2.03. The van der Waals surface area contributed by atoms with Crippen molar-refractivity contribution in [3.8, 4) is 5.75 Å². The van der Waals surface area contributed by atoms with Gasteiger partial charge in [0.15, 0.2) is 5.78 Å². The van der Waals surface area contributed by atoms with Crippen LogP contribution in [0.1, 0.15) is 27.6 Å². The van der Waals surface area contributed by atoms with E-state index in [1.54, 1.807) is 66.9 Å². The lowest BCUT2D eigenvalue weighted by atomic mass is 10.1. The van der Waals surface area contributed by atoms with Crippen LogP contribution < -0.4 is 4.74 Å². The number of Topliss-reactive ketones (excluding diaryl/α,β-unsaturated/α-hetero) is 1. The van der Waals surface area contributed by atoms with E-state index >= 15 is 0 Å². The number of benzene rings is 2. The lowest BCUT2D eigenvalue weighted by molar-refractivity contribution is 0.0734. The van der Waals surface area contributed by atoms with Gasteiger partial charge in [-0.1, -0.05) is 0 Å². The van der Waals surface area contributed by atoms with E-state index in [1.165, 1.54) is 13.1 Å². The standard InChI is InChI=1S/C20H15N3O3/c1-14(24)15-4-6-17(7-5-15)22-23-18-8-10-19(11-9-18)26-20(25)16-3-2-12-21-13-16/h2-13H,1H3. The summed E-state index contributed by atoms with van der Waals surface area (Å²) in [4.78, 5) is 27.1. The topological polar surface area (TPSA) is 81.0 Å². The Bertz CT molecular complexity index is 934. The fraction of sp³-hybridized carbons (Fsp3) is 0.0500. The second-order valence-corrected chi connectivity index (χ2v) is 5.43. The minimum Gasteiger partial charge on any atom is -0.423 e. The first-order valence-electron chi connectivity index (χ1n) is 7.87. The lowest BCUT2D eigenvalue weighted by Crippen LogP contribution is -2.08. The maximum Gasteiger partial charge on any atom is 0.345 e. The Morgan fingerprint density at radius 1 is 0.846 bits per heavy atom. The Hall–Kier alpha value is -3.67. The number of hydrogen-bond donors (Lipinski definition) is 0. The maximum absolute atomic E-state index is 12.0. The highest BCUT2D eigenvalue weighted by molar-refractivity contribution is 5.94. The average Bonchev–Trinajstić information content (AvgIpc) is 2.68.